The summed E-state index contributed by atoms with van der Waals surface area (Å²) in [5.41, 5.74) is -0.646. The number of carboxylic acids is 1. The SMILES string of the molecule is O=C(O)CO[C@@H]1COCC[C@H]1NC(=O)c1ccc(F)c(F)c1F. The molecular weight excluding hydrogens is 319 g/mol. The Balaban J connectivity index is 2.08. The summed E-state index contributed by atoms with van der Waals surface area (Å²) in [5, 5.41) is 11.0. The van der Waals surface area contributed by atoms with Crippen LogP contribution in [0.4, 0.5) is 13.2 Å². The van der Waals surface area contributed by atoms with Crippen LogP contribution in [-0.4, -0.2) is 48.9 Å². The lowest BCUT2D eigenvalue weighted by atomic mass is 10.0. The van der Waals surface area contributed by atoms with Crippen molar-refractivity contribution in [3.05, 3.63) is 35.1 Å². The van der Waals surface area contributed by atoms with Gasteiger partial charge < -0.3 is 19.9 Å². The molecule has 0 aromatic heterocycles. The van der Waals surface area contributed by atoms with Crippen LogP contribution in [0.15, 0.2) is 12.1 Å². The van der Waals surface area contributed by atoms with Gasteiger partial charge in [-0.3, -0.25) is 4.79 Å². The van der Waals surface area contributed by atoms with Crippen LogP contribution in [0.25, 0.3) is 0 Å². The van der Waals surface area contributed by atoms with E-state index >= 15 is 0 Å². The first-order valence-corrected chi connectivity index (χ1v) is 6.75. The third kappa shape index (κ3) is 4.20. The van der Waals surface area contributed by atoms with E-state index in [0.717, 1.165) is 6.07 Å². The maximum Gasteiger partial charge on any atom is 0.329 e. The molecule has 1 aromatic carbocycles. The number of ether oxygens (including phenoxy) is 2. The Hall–Kier alpha value is -2.13. The quantitative estimate of drug-likeness (QED) is 0.788. The zero-order chi connectivity index (χ0) is 17.0. The molecule has 1 aliphatic heterocycles. The van der Waals surface area contributed by atoms with Crippen molar-refractivity contribution < 1.29 is 37.3 Å². The van der Waals surface area contributed by atoms with Gasteiger partial charge in [-0.25, -0.2) is 18.0 Å². The van der Waals surface area contributed by atoms with Crippen molar-refractivity contribution in [2.75, 3.05) is 19.8 Å². The van der Waals surface area contributed by atoms with Gasteiger partial charge in [0, 0.05) is 6.61 Å². The van der Waals surface area contributed by atoms with Crippen molar-refractivity contribution >= 4 is 11.9 Å². The zero-order valence-electron chi connectivity index (χ0n) is 11.9. The Kier molecular flexibility index (Phi) is 5.56. The third-order valence-corrected chi connectivity index (χ3v) is 3.32. The molecule has 0 bridgehead atoms. The lowest BCUT2D eigenvalue weighted by molar-refractivity contribution is -0.148. The maximum absolute atomic E-state index is 13.6. The van der Waals surface area contributed by atoms with Crippen molar-refractivity contribution in [1.82, 2.24) is 5.32 Å². The predicted octanol–water partition coefficient (Wildman–Crippen LogP) is 1.09. The Morgan fingerprint density at radius 2 is 2.04 bits per heavy atom. The molecule has 0 radical (unpaired) electrons. The van der Waals surface area contributed by atoms with Gasteiger partial charge in [0.25, 0.3) is 5.91 Å². The smallest absolute Gasteiger partial charge is 0.329 e. The largest absolute Gasteiger partial charge is 0.480 e. The highest BCUT2D eigenvalue weighted by atomic mass is 19.2. The van der Waals surface area contributed by atoms with Gasteiger partial charge in [-0.2, -0.15) is 0 Å². The van der Waals surface area contributed by atoms with E-state index in [4.69, 9.17) is 14.6 Å². The van der Waals surface area contributed by atoms with Gasteiger partial charge in [0.2, 0.25) is 0 Å². The number of benzene rings is 1. The van der Waals surface area contributed by atoms with Crippen molar-refractivity contribution in [2.24, 2.45) is 0 Å². The summed E-state index contributed by atoms with van der Waals surface area (Å²) < 4.78 is 49.9. The van der Waals surface area contributed by atoms with E-state index in [1.165, 1.54) is 0 Å². The topological polar surface area (TPSA) is 84.9 Å². The van der Waals surface area contributed by atoms with Crippen molar-refractivity contribution in [3.63, 3.8) is 0 Å². The van der Waals surface area contributed by atoms with Crippen LogP contribution in [0.3, 0.4) is 0 Å². The second-order valence-corrected chi connectivity index (χ2v) is 4.91. The molecule has 0 aliphatic carbocycles. The number of nitrogens with one attached hydrogen (secondary N) is 1. The number of aliphatic carboxylic acids is 1. The fourth-order valence-corrected chi connectivity index (χ4v) is 2.17. The minimum absolute atomic E-state index is 0.0541. The van der Waals surface area contributed by atoms with E-state index in [9.17, 15) is 22.8 Å². The monoisotopic (exact) mass is 333 g/mol. The average Bonchev–Trinajstić information content (AvgIpc) is 2.51. The van der Waals surface area contributed by atoms with Crippen molar-refractivity contribution in [2.45, 2.75) is 18.6 Å². The molecule has 2 rings (SSSR count). The Bertz CT molecular complexity index is 610. The molecule has 6 nitrogen and oxygen atoms in total. The maximum atomic E-state index is 13.6. The van der Waals surface area contributed by atoms with Crippen molar-refractivity contribution in [3.8, 4) is 0 Å². The summed E-state index contributed by atoms with van der Waals surface area (Å²) in [6.45, 7) is -0.240. The van der Waals surface area contributed by atoms with Crippen LogP contribution < -0.4 is 5.32 Å². The van der Waals surface area contributed by atoms with E-state index in [-0.39, 0.29) is 13.2 Å². The van der Waals surface area contributed by atoms with Crippen LogP contribution in [0.1, 0.15) is 16.8 Å². The first-order chi connectivity index (χ1) is 10.9. The minimum Gasteiger partial charge on any atom is -0.480 e. The number of carbonyl (C=O) groups is 2. The summed E-state index contributed by atoms with van der Waals surface area (Å²) >= 11 is 0. The lowest BCUT2D eigenvalue weighted by Crippen LogP contribution is -2.50. The number of carboxylic acid groups (broad SMARTS) is 1. The fraction of sp³-hybridized carbons (Fsp3) is 0.429. The Morgan fingerprint density at radius 1 is 1.30 bits per heavy atom. The molecule has 2 N–H and O–H groups in total. The van der Waals surface area contributed by atoms with Crippen LogP contribution >= 0.6 is 0 Å². The van der Waals surface area contributed by atoms with Crippen LogP contribution in [0.5, 0.6) is 0 Å². The van der Waals surface area contributed by atoms with Gasteiger partial charge in [0.1, 0.15) is 12.7 Å². The first-order valence-electron chi connectivity index (χ1n) is 6.75. The van der Waals surface area contributed by atoms with Gasteiger partial charge in [0.05, 0.1) is 18.2 Å². The molecule has 1 saturated heterocycles. The number of hydrogen-bond acceptors (Lipinski definition) is 4. The molecule has 23 heavy (non-hydrogen) atoms. The number of rotatable bonds is 5. The number of amides is 1. The summed E-state index contributed by atoms with van der Waals surface area (Å²) in [7, 11) is 0. The highest BCUT2D eigenvalue weighted by Crippen LogP contribution is 2.17. The standard InChI is InChI=1S/C14H14F3NO5/c15-8-2-1-7(12(16)13(8)17)14(21)18-9-3-4-22-5-10(9)23-6-11(19)20/h1-2,9-10H,3-6H2,(H,18,21)(H,19,20)/t9-,10-/m1/s1. The molecular formula is C14H14F3NO5. The van der Waals surface area contributed by atoms with Gasteiger partial charge in [-0.1, -0.05) is 0 Å². The van der Waals surface area contributed by atoms with Gasteiger partial charge in [-0.05, 0) is 18.6 Å². The highest BCUT2D eigenvalue weighted by Gasteiger charge is 2.30. The molecule has 2 atom stereocenters. The fourth-order valence-electron chi connectivity index (χ4n) is 2.17. The predicted molar refractivity (Wildman–Crippen MR) is 70.4 cm³/mol. The van der Waals surface area contributed by atoms with E-state index in [0.29, 0.717) is 12.5 Å². The van der Waals surface area contributed by atoms with Gasteiger partial charge in [-0.15, -0.1) is 0 Å². The van der Waals surface area contributed by atoms with E-state index in [1.54, 1.807) is 0 Å². The third-order valence-electron chi connectivity index (χ3n) is 3.32. The first kappa shape index (κ1) is 17.2. The highest BCUT2D eigenvalue weighted by molar-refractivity contribution is 5.94. The Morgan fingerprint density at radius 3 is 2.74 bits per heavy atom. The summed E-state index contributed by atoms with van der Waals surface area (Å²) in [4.78, 5) is 22.6. The molecule has 1 heterocycles. The molecule has 126 valence electrons. The van der Waals surface area contributed by atoms with Gasteiger partial charge in [0.15, 0.2) is 17.5 Å². The number of carbonyl (C=O) groups excluding carboxylic acids is 1. The number of halogens is 3. The van der Waals surface area contributed by atoms with Crippen LogP contribution in [0, 0.1) is 17.5 Å². The minimum atomic E-state index is -1.73. The van der Waals surface area contributed by atoms with Crippen molar-refractivity contribution in [1.29, 1.82) is 0 Å². The summed E-state index contributed by atoms with van der Waals surface area (Å²) in [6.07, 6.45) is -0.432. The second kappa shape index (κ2) is 7.42. The van der Waals surface area contributed by atoms with E-state index in [1.807, 2.05) is 0 Å². The molecule has 1 aromatic rings. The summed E-state index contributed by atoms with van der Waals surface area (Å²) in [6, 6.07) is 0.841. The van der Waals surface area contributed by atoms with Crippen LogP contribution in [0.2, 0.25) is 0 Å². The van der Waals surface area contributed by atoms with E-state index < -0.39 is 53.6 Å². The molecule has 1 fully saturated rings. The molecule has 1 aliphatic rings. The molecule has 0 spiro atoms. The van der Waals surface area contributed by atoms with Gasteiger partial charge >= 0.3 is 5.97 Å². The number of hydrogen-bond donors (Lipinski definition) is 2. The average molecular weight is 333 g/mol. The summed E-state index contributed by atoms with van der Waals surface area (Å²) in [5.74, 6) is -6.85. The Labute approximate surface area is 129 Å². The molecule has 0 unspecified atom stereocenters. The van der Waals surface area contributed by atoms with E-state index in [2.05, 4.69) is 5.32 Å². The van der Waals surface area contributed by atoms with Crippen LogP contribution in [-0.2, 0) is 14.3 Å². The zero-order valence-corrected chi connectivity index (χ0v) is 11.9. The lowest BCUT2D eigenvalue weighted by Gasteiger charge is -2.31. The molecule has 0 saturated carbocycles. The molecule has 1 amide bonds. The molecule has 9 heteroatoms. The second-order valence-electron chi connectivity index (χ2n) is 4.91. The normalized spacial score (nSPS) is 21.0.